The SMILES string of the molecule is CCN(CCO)c1ncc(C(=O)Nc2ccc(OC(F)(F)Cl)cc2)cc1-c1ccn[nH]1. The van der Waals surface area contributed by atoms with Crippen LogP contribution in [0.3, 0.4) is 0 Å². The van der Waals surface area contributed by atoms with E-state index in [0.717, 1.165) is 0 Å². The van der Waals surface area contributed by atoms with Crippen LogP contribution in [0.1, 0.15) is 17.3 Å². The fourth-order valence-electron chi connectivity index (χ4n) is 2.92. The van der Waals surface area contributed by atoms with Gasteiger partial charge < -0.3 is 20.1 Å². The van der Waals surface area contributed by atoms with Crippen molar-refractivity contribution in [3.05, 3.63) is 54.4 Å². The molecule has 0 bridgehead atoms. The summed E-state index contributed by atoms with van der Waals surface area (Å²) in [5, 5.41) is 18.8. The predicted octanol–water partition coefficient (Wildman–Crippen LogP) is 3.71. The lowest BCUT2D eigenvalue weighted by atomic mass is 10.1. The molecule has 11 heteroatoms. The average molecular weight is 452 g/mol. The Morgan fingerprint density at radius 3 is 2.65 bits per heavy atom. The number of H-pyrrole nitrogens is 1. The molecule has 1 aromatic carbocycles. The molecule has 3 aromatic rings. The topological polar surface area (TPSA) is 103 Å². The predicted molar refractivity (Wildman–Crippen MR) is 113 cm³/mol. The van der Waals surface area contributed by atoms with Gasteiger partial charge in [0, 0.05) is 48.3 Å². The number of aromatic amines is 1. The first-order valence-electron chi connectivity index (χ1n) is 9.33. The summed E-state index contributed by atoms with van der Waals surface area (Å²) < 4.78 is 29.6. The van der Waals surface area contributed by atoms with Gasteiger partial charge in [0.25, 0.3) is 5.91 Å². The summed E-state index contributed by atoms with van der Waals surface area (Å²) in [6.45, 7) is 2.87. The molecule has 0 atom stereocenters. The number of anilines is 2. The number of likely N-dealkylation sites (N-methyl/N-ethyl adjacent to an activating group) is 1. The third-order valence-corrected chi connectivity index (χ3v) is 4.39. The van der Waals surface area contributed by atoms with E-state index in [1.54, 1.807) is 18.3 Å². The van der Waals surface area contributed by atoms with Crippen molar-refractivity contribution >= 4 is 29.0 Å². The maximum atomic E-state index is 12.7. The quantitative estimate of drug-likeness (QED) is 0.428. The number of aliphatic hydroxyl groups excluding tert-OH is 1. The third-order valence-electron chi connectivity index (χ3n) is 4.32. The standard InChI is InChI=1S/C20H20ClF2N5O3/c1-2-28(9-10-29)18-16(17-7-8-25-27-17)11-13(12-24-18)19(30)26-14-3-5-15(6-4-14)31-20(21,22)23/h3-8,11-12,29H,2,9-10H2,1H3,(H,25,27)(H,26,30). The van der Waals surface area contributed by atoms with Crippen LogP contribution in [0.4, 0.5) is 20.3 Å². The van der Waals surface area contributed by atoms with E-state index in [9.17, 15) is 18.7 Å². The lowest BCUT2D eigenvalue weighted by Crippen LogP contribution is -2.28. The summed E-state index contributed by atoms with van der Waals surface area (Å²) >= 11 is 4.74. The Morgan fingerprint density at radius 1 is 1.32 bits per heavy atom. The number of alkyl halides is 3. The van der Waals surface area contributed by atoms with Crippen molar-refractivity contribution in [3.8, 4) is 17.0 Å². The maximum absolute atomic E-state index is 12.7. The Morgan fingerprint density at radius 2 is 2.06 bits per heavy atom. The van der Waals surface area contributed by atoms with Gasteiger partial charge >= 0.3 is 5.57 Å². The molecule has 31 heavy (non-hydrogen) atoms. The molecule has 1 amide bonds. The van der Waals surface area contributed by atoms with Crippen LogP contribution >= 0.6 is 11.6 Å². The molecule has 0 radical (unpaired) electrons. The Bertz CT molecular complexity index is 1010. The molecule has 0 aliphatic heterocycles. The van der Waals surface area contributed by atoms with Crippen LogP contribution in [0.2, 0.25) is 0 Å². The van der Waals surface area contributed by atoms with E-state index in [-0.39, 0.29) is 17.9 Å². The second kappa shape index (κ2) is 9.71. The van der Waals surface area contributed by atoms with Crippen LogP contribution < -0.4 is 15.0 Å². The van der Waals surface area contributed by atoms with Crippen molar-refractivity contribution in [2.75, 3.05) is 29.9 Å². The number of halogens is 3. The maximum Gasteiger partial charge on any atom is 0.487 e. The summed E-state index contributed by atoms with van der Waals surface area (Å²) in [5.41, 5.74) is -1.85. The summed E-state index contributed by atoms with van der Waals surface area (Å²) in [6, 6.07) is 8.76. The van der Waals surface area contributed by atoms with Gasteiger partial charge in [0.2, 0.25) is 0 Å². The van der Waals surface area contributed by atoms with Crippen molar-refractivity contribution in [2.24, 2.45) is 0 Å². The lowest BCUT2D eigenvalue weighted by molar-refractivity contribution is -0.0964. The smallest absolute Gasteiger partial charge is 0.420 e. The number of hydrogen-bond donors (Lipinski definition) is 3. The normalized spacial score (nSPS) is 11.3. The summed E-state index contributed by atoms with van der Waals surface area (Å²) in [4.78, 5) is 19.0. The lowest BCUT2D eigenvalue weighted by Gasteiger charge is -2.23. The Balaban J connectivity index is 1.84. The zero-order valence-electron chi connectivity index (χ0n) is 16.5. The van der Waals surface area contributed by atoms with Crippen LogP contribution in [-0.2, 0) is 0 Å². The van der Waals surface area contributed by atoms with E-state index in [2.05, 4.69) is 25.2 Å². The monoisotopic (exact) mass is 451 g/mol. The molecule has 8 nitrogen and oxygen atoms in total. The summed E-state index contributed by atoms with van der Waals surface area (Å²) in [6.07, 6.45) is 3.01. The van der Waals surface area contributed by atoms with Gasteiger partial charge in [0.1, 0.15) is 11.6 Å². The van der Waals surface area contributed by atoms with Gasteiger partial charge in [-0.15, -0.1) is 8.78 Å². The number of nitrogens with zero attached hydrogens (tertiary/aromatic N) is 3. The molecular weight excluding hydrogens is 432 g/mol. The van der Waals surface area contributed by atoms with Crippen LogP contribution in [0.5, 0.6) is 5.75 Å². The third kappa shape index (κ3) is 5.89. The van der Waals surface area contributed by atoms with Crippen molar-refractivity contribution in [1.82, 2.24) is 15.2 Å². The number of carbonyl (C=O) groups excluding carboxylic acids is 1. The number of aromatic nitrogens is 3. The van der Waals surface area contributed by atoms with Crippen LogP contribution in [0.25, 0.3) is 11.3 Å². The number of hydrogen-bond acceptors (Lipinski definition) is 6. The van der Waals surface area contributed by atoms with E-state index in [1.807, 2.05) is 11.8 Å². The van der Waals surface area contributed by atoms with Crippen LogP contribution in [-0.4, -0.2) is 51.5 Å². The van der Waals surface area contributed by atoms with Crippen molar-refractivity contribution < 1.29 is 23.4 Å². The molecule has 0 aliphatic carbocycles. The first-order valence-corrected chi connectivity index (χ1v) is 9.71. The fraction of sp³-hybridized carbons (Fsp3) is 0.250. The van der Waals surface area contributed by atoms with Gasteiger partial charge in [-0.1, -0.05) is 0 Å². The molecule has 3 N–H and O–H groups in total. The number of nitrogens with one attached hydrogen (secondary N) is 2. The minimum Gasteiger partial charge on any atom is -0.420 e. The molecule has 0 spiro atoms. The van der Waals surface area contributed by atoms with Gasteiger partial charge in [-0.2, -0.15) is 5.10 Å². The van der Waals surface area contributed by atoms with Crippen molar-refractivity contribution in [1.29, 1.82) is 0 Å². The minimum absolute atomic E-state index is 0.0461. The molecule has 2 aromatic heterocycles. The average Bonchev–Trinajstić information content (AvgIpc) is 3.27. The summed E-state index contributed by atoms with van der Waals surface area (Å²) in [7, 11) is 0. The van der Waals surface area contributed by atoms with Gasteiger partial charge in [-0.3, -0.25) is 9.89 Å². The number of rotatable bonds is 9. The fourth-order valence-corrected chi connectivity index (χ4v) is 3.00. The van der Waals surface area contributed by atoms with E-state index < -0.39 is 11.5 Å². The highest BCUT2D eigenvalue weighted by Crippen LogP contribution is 2.29. The largest absolute Gasteiger partial charge is 0.487 e. The highest BCUT2D eigenvalue weighted by molar-refractivity contribution is 6.20. The number of ether oxygens (including phenoxy) is 1. The molecule has 3 rings (SSSR count). The van der Waals surface area contributed by atoms with E-state index in [0.29, 0.717) is 35.9 Å². The van der Waals surface area contributed by atoms with Gasteiger partial charge in [-0.25, -0.2) is 4.98 Å². The zero-order valence-corrected chi connectivity index (χ0v) is 17.2. The molecule has 0 fully saturated rings. The zero-order chi connectivity index (χ0) is 22.4. The van der Waals surface area contributed by atoms with Gasteiger partial charge in [-0.05, 0) is 43.3 Å². The molecule has 0 saturated heterocycles. The van der Waals surface area contributed by atoms with Gasteiger partial charge in [0.05, 0.1) is 17.9 Å². The Hall–Kier alpha value is -3.24. The second-order valence-electron chi connectivity index (χ2n) is 6.40. The van der Waals surface area contributed by atoms with Crippen molar-refractivity contribution in [2.45, 2.75) is 12.5 Å². The number of aliphatic hydroxyl groups is 1. The Kier molecular flexibility index (Phi) is 7.03. The number of carbonyl (C=O) groups is 1. The second-order valence-corrected chi connectivity index (χ2v) is 6.84. The molecule has 0 saturated carbocycles. The number of amides is 1. The summed E-state index contributed by atoms with van der Waals surface area (Å²) in [5.74, 6) is 0.0105. The van der Waals surface area contributed by atoms with E-state index >= 15 is 0 Å². The minimum atomic E-state index is -3.82. The molecule has 2 heterocycles. The highest BCUT2D eigenvalue weighted by atomic mass is 35.5. The van der Waals surface area contributed by atoms with Gasteiger partial charge in [0.15, 0.2) is 0 Å². The van der Waals surface area contributed by atoms with E-state index in [1.165, 1.54) is 30.5 Å². The molecule has 164 valence electrons. The number of benzene rings is 1. The molecule has 0 unspecified atom stereocenters. The number of pyridine rings is 1. The van der Waals surface area contributed by atoms with Crippen LogP contribution in [0.15, 0.2) is 48.8 Å². The molecular formula is C20H20ClF2N5O3. The highest BCUT2D eigenvalue weighted by Gasteiger charge is 2.27. The van der Waals surface area contributed by atoms with E-state index in [4.69, 9.17) is 11.6 Å². The Labute approximate surface area is 181 Å². The van der Waals surface area contributed by atoms with Crippen molar-refractivity contribution in [3.63, 3.8) is 0 Å². The van der Waals surface area contributed by atoms with Crippen LogP contribution in [0, 0.1) is 0 Å². The molecule has 0 aliphatic rings. The first kappa shape index (κ1) is 22.4. The first-order chi connectivity index (χ1) is 14.8.